The van der Waals surface area contributed by atoms with Gasteiger partial charge in [-0.3, -0.25) is 9.67 Å². The maximum atomic E-state index is 4.48. The van der Waals surface area contributed by atoms with Crippen LogP contribution >= 0.6 is 0 Å². The van der Waals surface area contributed by atoms with Gasteiger partial charge >= 0.3 is 0 Å². The summed E-state index contributed by atoms with van der Waals surface area (Å²) in [5.41, 5.74) is 3.28. The molecular formula is C14H21N5. The molecule has 0 fully saturated rings. The van der Waals surface area contributed by atoms with Gasteiger partial charge in [-0.15, -0.1) is 5.10 Å². The second-order valence-electron chi connectivity index (χ2n) is 4.85. The molecule has 0 aliphatic heterocycles. The van der Waals surface area contributed by atoms with E-state index in [0.29, 0.717) is 0 Å². The van der Waals surface area contributed by atoms with Crippen LogP contribution in [0.15, 0.2) is 24.5 Å². The Kier molecular flexibility index (Phi) is 4.63. The highest BCUT2D eigenvalue weighted by molar-refractivity contribution is 5.18. The van der Waals surface area contributed by atoms with Gasteiger partial charge in [-0.05, 0) is 37.6 Å². The Balaban J connectivity index is 2.15. The van der Waals surface area contributed by atoms with Crippen molar-refractivity contribution in [3.05, 3.63) is 41.5 Å². The van der Waals surface area contributed by atoms with E-state index in [1.807, 2.05) is 25.5 Å². The van der Waals surface area contributed by atoms with E-state index in [1.165, 1.54) is 5.56 Å². The van der Waals surface area contributed by atoms with Gasteiger partial charge in [-0.1, -0.05) is 12.1 Å². The molecule has 0 aromatic carbocycles. The number of rotatable bonds is 6. The van der Waals surface area contributed by atoms with Gasteiger partial charge in [-0.25, -0.2) is 0 Å². The van der Waals surface area contributed by atoms with Crippen molar-refractivity contribution in [1.82, 2.24) is 25.3 Å². The largest absolute Gasteiger partial charge is 0.308 e. The van der Waals surface area contributed by atoms with Crippen molar-refractivity contribution in [2.24, 2.45) is 7.05 Å². The van der Waals surface area contributed by atoms with Gasteiger partial charge in [0.15, 0.2) is 0 Å². The Bertz CT molecular complexity index is 520. The number of pyridine rings is 1. The third kappa shape index (κ3) is 3.86. The minimum absolute atomic E-state index is 0.191. The normalized spacial score (nSPS) is 12.6. The number of nitrogens with zero attached hydrogens (tertiary/aromatic N) is 4. The van der Waals surface area contributed by atoms with Crippen LogP contribution in [0.4, 0.5) is 0 Å². The van der Waals surface area contributed by atoms with Crippen LogP contribution in [0.5, 0.6) is 0 Å². The quantitative estimate of drug-likeness (QED) is 0.859. The molecule has 2 rings (SSSR count). The van der Waals surface area contributed by atoms with Gasteiger partial charge in [0.05, 0.1) is 17.4 Å². The fourth-order valence-electron chi connectivity index (χ4n) is 2.05. The van der Waals surface area contributed by atoms with Crippen molar-refractivity contribution in [3.8, 4) is 0 Å². The molecule has 5 heteroatoms. The average Bonchev–Trinajstić information content (AvgIpc) is 2.80. The Morgan fingerprint density at radius 3 is 2.89 bits per heavy atom. The Morgan fingerprint density at radius 1 is 1.42 bits per heavy atom. The Hall–Kier alpha value is -1.75. The lowest BCUT2D eigenvalue weighted by atomic mass is 10.1. The van der Waals surface area contributed by atoms with Crippen LogP contribution in [0.25, 0.3) is 0 Å². The first-order valence-corrected chi connectivity index (χ1v) is 6.70. The van der Waals surface area contributed by atoms with Gasteiger partial charge in [-0.2, -0.15) is 0 Å². The Labute approximate surface area is 114 Å². The van der Waals surface area contributed by atoms with Crippen molar-refractivity contribution in [2.45, 2.75) is 32.7 Å². The molecule has 0 radical (unpaired) electrons. The highest BCUT2D eigenvalue weighted by Gasteiger charge is 2.14. The zero-order valence-corrected chi connectivity index (χ0v) is 11.8. The van der Waals surface area contributed by atoms with Crippen LogP contribution in [0.2, 0.25) is 0 Å². The minimum Gasteiger partial charge on any atom is -0.308 e. The number of aromatic nitrogens is 4. The molecule has 102 valence electrons. The van der Waals surface area contributed by atoms with Gasteiger partial charge < -0.3 is 5.32 Å². The van der Waals surface area contributed by atoms with Crippen molar-refractivity contribution in [3.63, 3.8) is 0 Å². The smallest absolute Gasteiger partial charge is 0.0846 e. The van der Waals surface area contributed by atoms with Crippen molar-refractivity contribution >= 4 is 0 Å². The first kappa shape index (κ1) is 13.7. The molecule has 0 spiro atoms. The second kappa shape index (κ2) is 6.43. The summed E-state index contributed by atoms with van der Waals surface area (Å²) in [7, 11) is 1.88. The van der Waals surface area contributed by atoms with E-state index in [0.717, 1.165) is 30.8 Å². The van der Waals surface area contributed by atoms with Crippen LogP contribution in [-0.4, -0.2) is 26.5 Å². The highest BCUT2D eigenvalue weighted by Crippen LogP contribution is 2.16. The maximum absolute atomic E-state index is 4.48. The number of aryl methyl sites for hydroxylation is 2. The van der Waals surface area contributed by atoms with E-state index in [2.05, 4.69) is 40.5 Å². The SMILES string of the molecule is CCCNC(Cc1cn(C)nn1)c1cc(C)ccn1. The van der Waals surface area contributed by atoms with Crippen molar-refractivity contribution < 1.29 is 0 Å². The number of hydrogen-bond acceptors (Lipinski definition) is 4. The monoisotopic (exact) mass is 259 g/mol. The van der Waals surface area contributed by atoms with E-state index in [-0.39, 0.29) is 6.04 Å². The summed E-state index contributed by atoms with van der Waals surface area (Å²) in [6, 6.07) is 4.34. The summed E-state index contributed by atoms with van der Waals surface area (Å²) < 4.78 is 1.73. The first-order valence-electron chi connectivity index (χ1n) is 6.70. The van der Waals surface area contributed by atoms with Crippen LogP contribution in [0, 0.1) is 6.92 Å². The third-order valence-corrected chi connectivity index (χ3v) is 3.00. The predicted molar refractivity (Wildman–Crippen MR) is 74.7 cm³/mol. The molecule has 19 heavy (non-hydrogen) atoms. The van der Waals surface area contributed by atoms with Gasteiger partial charge in [0.25, 0.3) is 0 Å². The zero-order valence-electron chi connectivity index (χ0n) is 11.8. The molecule has 2 aromatic heterocycles. The van der Waals surface area contributed by atoms with Crippen LogP contribution in [0.1, 0.15) is 36.3 Å². The topological polar surface area (TPSA) is 55.6 Å². The van der Waals surface area contributed by atoms with E-state index in [4.69, 9.17) is 0 Å². The molecule has 0 saturated heterocycles. The number of hydrogen-bond donors (Lipinski definition) is 1. The zero-order chi connectivity index (χ0) is 13.7. The minimum atomic E-state index is 0.191. The lowest BCUT2D eigenvalue weighted by molar-refractivity contribution is 0.512. The van der Waals surface area contributed by atoms with Crippen LogP contribution < -0.4 is 5.32 Å². The van der Waals surface area contributed by atoms with Crippen LogP contribution in [0.3, 0.4) is 0 Å². The molecule has 0 aliphatic carbocycles. The fourth-order valence-corrected chi connectivity index (χ4v) is 2.05. The molecule has 0 aliphatic rings. The van der Waals surface area contributed by atoms with Gasteiger partial charge in [0.2, 0.25) is 0 Å². The van der Waals surface area contributed by atoms with Crippen LogP contribution in [-0.2, 0) is 13.5 Å². The molecular weight excluding hydrogens is 238 g/mol. The maximum Gasteiger partial charge on any atom is 0.0846 e. The van der Waals surface area contributed by atoms with E-state index in [9.17, 15) is 0 Å². The lowest BCUT2D eigenvalue weighted by Gasteiger charge is -2.17. The molecule has 0 saturated carbocycles. The molecule has 0 amide bonds. The predicted octanol–water partition coefficient (Wildman–Crippen LogP) is 1.80. The van der Waals surface area contributed by atoms with Gasteiger partial charge in [0, 0.05) is 25.9 Å². The van der Waals surface area contributed by atoms with Crippen molar-refractivity contribution in [1.29, 1.82) is 0 Å². The molecule has 1 unspecified atom stereocenters. The van der Waals surface area contributed by atoms with E-state index in [1.54, 1.807) is 4.68 Å². The third-order valence-electron chi connectivity index (χ3n) is 3.00. The summed E-state index contributed by atoms with van der Waals surface area (Å²) >= 11 is 0. The van der Waals surface area contributed by atoms with Crippen molar-refractivity contribution in [2.75, 3.05) is 6.54 Å². The molecule has 2 heterocycles. The first-order chi connectivity index (χ1) is 9.19. The second-order valence-corrected chi connectivity index (χ2v) is 4.85. The van der Waals surface area contributed by atoms with E-state index < -0.39 is 0 Å². The summed E-state index contributed by atoms with van der Waals surface area (Å²) in [5, 5.41) is 11.7. The molecule has 5 nitrogen and oxygen atoms in total. The number of nitrogens with one attached hydrogen (secondary N) is 1. The van der Waals surface area contributed by atoms with Gasteiger partial charge in [0.1, 0.15) is 0 Å². The lowest BCUT2D eigenvalue weighted by Crippen LogP contribution is -2.25. The average molecular weight is 259 g/mol. The molecule has 1 N–H and O–H groups in total. The molecule has 0 bridgehead atoms. The van der Waals surface area contributed by atoms with E-state index >= 15 is 0 Å². The molecule has 2 aromatic rings. The summed E-state index contributed by atoms with van der Waals surface area (Å²) in [4.78, 5) is 4.48. The fraction of sp³-hybridized carbons (Fsp3) is 0.500. The summed E-state index contributed by atoms with van der Waals surface area (Å²) in [5.74, 6) is 0. The summed E-state index contributed by atoms with van der Waals surface area (Å²) in [6.45, 7) is 5.22. The highest BCUT2D eigenvalue weighted by atomic mass is 15.4. The standard InChI is InChI=1S/C14H21N5/c1-4-6-15-14(9-12-10-19(3)18-17-12)13-8-11(2)5-7-16-13/h5,7-8,10,14-15H,4,6,9H2,1-3H3. The Morgan fingerprint density at radius 2 is 2.26 bits per heavy atom. The molecule has 1 atom stereocenters. The summed E-state index contributed by atoms with van der Waals surface area (Å²) in [6.07, 6.45) is 5.73.